The van der Waals surface area contributed by atoms with Crippen LogP contribution in [0, 0.1) is 0 Å². The van der Waals surface area contributed by atoms with Gasteiger partial charge in [0.1, 0.15) is 12.3 Å². The van der Waals surface area contributed by atoms with Crippen molar-refractivity contribution in [1.82, 2.24) is 15.5 Å². The number of amides is 2. The van der Waals surface area contributed by atoms with E-state index in [1.54, 1.807) is 49.6 Å². The molecule has 0 atom stereocenters. The summed E-state index contributed by atoms with van der Waals surface area (Å²) in [6.45, 7) is -0.245. The third-order valence-electron chi connectivity index (χ3n) is 4.10. The lowest BCUT2D eigenvalue weighted by Crippen LogP contribution is -2.30. The lowest BCUT2D eigenvalue weighted by molar-refractivity contribution is -0.139. The van der Waals surface area contributed by atoms with Gasteiger partial charge in [-0.2, -0.15) is 0 Å². The smallest absolute Gasteiger partial charge is 0.325 e. The molecule has 1 aromatic heterocycles. The predicted octanol–water partition coefficient (Wildman–Crippen LogP) is 2.38. The molecule has 3 aromatic rings. The average molecular weight is 456 g/mol. The molecule has 1 heterocycles. The number of carbonyl (C=O) groups is 3. The molecule has 0 aliphatic carbocycles. The van der Waals surface area contributed by atoms with Crippen molar-refractivity contribution in [2.24, 2.45) is 0 Å². The second-order valence-electron chi connectivity index (χ2n) is 6.28. The highest BCUT2D eigenvalue weighted by atomic mass is 32.2. The van der Waals surface area contributed by atoms with E-state index in [1.807, 2.05) is 0 Å². The van der Waals surface area contributed by atoms with E-state index in [1.165, 1.54) is 13.2 Å². The molecule has 0 radical (unpaired) electrons. The number of methoxy groups -OCH3 is 2. The zero-order chi connectivity index (χ0) is 22.9. The number of aromatic nitrogens is 2. The SMILES string of the molecule is COC(=O)CNC(=O)c1cccc(NC(=O)CSc2nnc(-c3ccc(OC)cc3)o2)c1. The second-order valence-corrected chi connectivity index (χ2v) is 7.20. The highest BCUT2D eigenvalue weighted by Gasteiger charge is 2.13. The van der Waals surface area contributed by atoms with Gasteiger partial charge in [-0.3, -0.25) is 14.4 Å². The van der Waals surface area contributed by atoms with Crippen molar-refractivity contribution in [3.8, 4) is 17.2 Å². The van der Waals surface area contributed by atoms with Crippen LogP contribution in [0.1, 0.15) is 10.4 Å². The van der Waals surface area contributed by atoms with E-state index in [9.17, 15) is 14.4 Å². The summed E-state index contributed by atoms with van der Waals surface area (Å²) >= 11 is 1.09. The van der Waals surface area contributed by atoms with Crippen LogP contribution < -0.4 is 15.4 Å². The highest BCUT2D eigenvalue weighted by molar-refractivity contribution is 7.99. The van der Waals surface area contributed by atoms with Crippen molar-refractivity contribution in [3.05, 3.63) is 54.1 Å². The van der Waals surface area contributed by atoms with E-state index in [0.717, 1.165) is 17.3 Å². The van der Waals surface area contributed by atoms with Crippen LogP contribution in [-0.2, 0) is 14.3 Å². The predicted molar refractivity (Wildman–Crippen MR) is 116 cm³/mol. The topological polar surface area (TPSA) is 133 Å². The first-order valence-corrected chi connectivity index (χ1v) is 10.3. The van der Waals surface area contributed by atoms with E-state index in [4.69, 9.17) is 9.15 Å². The number of benzene rings is 2. The van der Waals surface area contributed by atoms with Gasteiger partial charge in [-0.25, -0.2) is 0 Å². The summed E-state index contributed by atoms with van der Waals surface area (Å²) in [5.41, 5.74) is 1.46. The third kappa shape index (κ3) is 6.32. The summed E-state index contributed by atoms with van der Waals surface area (Å²) in [5.74, 6) is -0.255. The quantitative estimate of drug-likeness (QED) is 0.368. The molecule has 0 aliphatic rings. The number of carbonyl (C=O) groups excluding carboxylic acids is 3. The molecule has 32 heavy (non-hydrogen) atoms. The maximum atomic E-state index is 12.3. The molecule has 11 heteroatoms. The minimum atomic E-state index is -0.559. The highest BCUT2D eigenvalue weighted by Crippen LogP contribution is 2.25. The molecule has 0 fully saturated rings. The largest absolute Gasteiger partial charge is 0.497 e. The summed E-state index contributed by atoms with van der Waals surface area (Å²) < 4.78 is 15.2. The van der Waals surface area contributed by atoms with Crippen LogP contribution in [0.15, 0.2) is 58.2 Å². The summed E-state index contributed by atoms with van der Waals surface area (Å²) in [6, 6.07) is 13.5. The molecule has 2 aromatic carbocycles. The van der Waals surface area contributed by atoms with Crippen LogP contribution in [0.2, 0.25) is 0 Å². The Morgan fingerprint density at radius 2 is 1.84 bits per heavy atom. The van der Waals surface area contributed by atoms with Gasteiger partial charge < -0.3 is 24.5 Å². The zero-order valence-electron chi connectivity index (χ0n) is 17.3. The molecule has 10 nitrogen and oxygen atoms in total. The molecular weight excluding hydrogens is 436 g/mol. The number of esters is 1. The zero-order valence-corrected chi connectivity index (χ0v) is 18.1. The Balaban J connectivity index is 1.52. The Hall–Kier alpha value is -3.86. The molecule has 3 rings (SSSR count). The Morgan fingerprint density at radius 1 is 1.06 bits per heavy atom. The molecule has 2 N–H and O–H groups in total. The molecule has 166 valence electrons. The average Bonchev–Trinajstić information content (AvgIpc) is 3.30. The lowest BCUT2D eigenvalue weighted by Gasteiger charge is -2.07. The standard InChI is InChI=1S/C21H20N4O6S/c1-29-16-8-6-13(7-9-16)20-24-25-21(31-20)32-12-17(26)23-15-5-3-4-14(10-15)19(28)22-11-18(27)30-2/h3-10H,11-12H2,1-2H3,(H,22,28)(H,23,26). The van der Waals surface area contributed by atoms with Crippen molar-refractivity contribution in [1.29, 1.82) is 0 Å². The van der Waals surface area contributed by atoms with Gasteiger partial charge in [-0.05, 0) is 42.5 Å². The minimum absolute atomic E-state index is 0.0308. The summed E-state index contributed by atoms with van der Waals surface area (Å²) in [7, 11) is 2.81. The van der Waals surface area contributed by atoms with E-state index >= 15 is 0 Å². The first-order chi connectivity index (χ1) is 15.5. The molecule has 0 unspecified atom stereocenters. The van der Waals surface area contributed by atoms with Crippen molar-refractivity contribution in [2.45, 2.75) is 5.22 Å². The number of hydrogen-bond donors (Lipinski definition) is 2. The molecule has 0 bridgehead atoms. The fourth-order valence-corrected chi connectivity index (χ4v) is 3.07. The Bertz CT molecular complexity index is 1100. The number of hydrogen-bond acceptors (Lipinski definition) is 9. The Morgan fingerprint density at radius 3 is 2.56 bits per heavy atom. The minimum Gasteiger partial charge on any atom is -0.497 e. The molecule has 0 saturated heterocycles. The van der Waals surface area contributed by atoms with E-state index < -0.39 is 11.9 Å². The first-order valence-electron chi connectivity index (χ1n) is 9.34. The van der Waals surface area contributed by atoms with Crippen LogP contribution >= 0.6 is 11.8 Å². The summed E-state index contributed by atoms with van der Waals surface area (Å²) in [5, 5.41) is 13.3. The molecule has 0 aliphatic heterocycles. The monoisotopic (exact) mass is 456 g/mol. The van der Waals surface area contributed by atoms with Gasteiger partial charge in [0.15, 0.2) is 0 Å². The van der Waals surface area contributed by atoms with Crippen LogP contribution in [0.5, 0.6) is 5.75 Å². The van der Waals surface area contributed by atoms with E-state index in [-0.39, 0.29) is 23.4 Å². The summed E-state index contributed by atoms with van der Waals surface area (Å²) in [6.07, 6.45) is 0. The fraction of sp³-hybridized carbons (Fsp3) is 0.190. The number of thioether (sulfide) groups is 1. The third-order valence-corrected chi connectivity index (χ3v) is 4.92. The van der Waals surface area contributed by atoms with E-state index in [2.05, 4.69) is 25.6 Å². The number of anilines is 1. The number of nitrogens with zero attached hydrogens (tertiary/aromatic N) is 2. The van der Waals surface area contributed by atoms with Crippen molar-refractivity contribution in [3.63, 3.8) is 0 Å². The Kier molecular flexibility index (Phi) is 7.81. The molecule has 0 spiro atoms. The molecular formula is C21H20N4O6S. The Labute approximate surface area is 187 Å². The first kappa shape index (κ1) is 22.8. The van der Waals surface area contributed by atoms with E-state index in [0.29, 0.717) is 22.9 Å². The van der Waals surface area contributed by atoms with Crippen LogP contribution in [0.4, 0.5) is 5.69 Å². The lowest BCUT2D eigenvalue weighted by atomic mass is 10.2. The normalized spacial score (nSPS) is 10.3. The van der Waals surface area contributed by atoms with Crippen LogP contribution in [-0.4, -0.2) is 54.5 Å². The van der Waals surface area contributed by atoms with Gasteiger partial charge in [0.2, 0.25) is 11.8 Å². The number of rotatable bonds is 9. The van der Waals surface area contributed by atoms with Crippen molar-refractivity contribution >= 4 is 35.2 Å². The van der Waals surface area contributed by atoms with Gasteiger partial charge in [0.25, 0.3) is 11.1 Å². The number of nitrogens with one attached hydrogen (secondary N) is 2. The maximum Gasteiger partial charge on any atom is 0.325 e. The van der Waals surface area contributed by atoms with Gasteiger partial charge >= 0.3 is 5.97 Å². The van der Waals surface area contributed by atoms with Crippen LogP contribution in [0.3, 0.4) is 0 Å². The van der Waals surface area contributed by atoms with Crippen molar-refractivity contribution in [2.75, 3.05) is 31.8 Å². The maximum absolute atomic E-state index is 12.3. The molecule has 2 amide bonds. The summed E-state index contributed by atoms with van der Waals surface area (Å²) in [4.78, 5) is 35.5. The molecule has 0 saturated carbocycles. The van der Waals surface area contributed by atoms with Crippen molar-refractivity contribution < 1.29 is 28.3 Å². The second kappa shape index (κ2) is 11.0. The van der Waals surface area contributed by atoms with Gasteiger partial charge in [0, 0.05) is 16.8 Å². The van der Waals surface area contributed by atoms with Gasteiger partial charge in [0.05, 0.1) is 20.0 Å². The number of ether oxygens (including phenoxy) is 2. The van der Waals surface area contributed by atoms with Gasteiger partial charge in [-0.1, -0.05) is 17.8 Å². The fourth-order valence-electron chi connectivity index (χ4n) is 2.51. The van der Waals surface area contributed by atoms with Crippen LogP contribution in [0.25, 0.3) is 11.5 Å². The van der Waals surface area contributed by atoms with Gasteiger partial charge in [-0.15, -0.1) is 10.2 Å².